The van der Waals surface area contributed by atoms with Crippen molar-refractivity contribution in [3.8, 4) is 0 Å². The van der Waals surface area contributed by atoms with E-state index in [9.17, 15) is 4.79 Å². The lowest BCUT2D eigenvalue weighted by atomic mass is 10.1. The maximum absolute atomic E-state index is 11.3. The van der Waals surface area contributed by atoms with Gasteiger partial charge in [-0.15, -0.1) is 0 Å². The highest BCUT2D eigenvalue weighted by atomic mass is 32.2. The zero-order valence-corrected chi connectivity index (χ0v) is 12.2. The van der Waals surface area contributed by atoms with Crippen molar-refractivity contribution in [3.63, 3.8) is 0 Å². The number of aryl methyl sites for hydroxylation is 1. The molecule has 0 aliphatic carbocycles. The number of nitrogen functional groups attached to an aromatic ring is 1. The van der Waals surface area contributed by atoms with Gasteiger partial charge in [0.25, 0.3) is 5.56 Å². The van der Waals surface area contributed by atoms with E-state index in [0.29, 0.717) is 22.4 Å². The number of nitrogens with zero attached hydrogens (tertiary/aromatic N) is 2. The SMILES string of the molecule is CC(=NCSc1nc(C)cc(=O)[nH]1)c1ccccc1N. The number of para-hydroxylation sites is 1. The number of aliphatic imine (C=N–C) groups is 1. The van der Waals surface area contributed by atoms with Crippen LogP contribution in [0.1, 0.15) is 18.2 Å². The van der Waals surface area contributed by atoms with Gasteiger partial charge < -0.3 is 10.7 Å². The highest BCUT2D eigenvalue weighted by Crippen LogP contribution is 2.15. The van der Waals surface area contributed by atoms with Crippen LogP contribution in [0.4, 0.5) is 5.69 Å². The van der Waals surface area contributed by atoms with Crippen molar-refractivity contribution in [2.24, 2.45) is 4.99 Å². The van der Waals surface area contributed by atoms with Crippen LogP contribution in [0.2, 0.25) is 0 Å². The summed E-state index contributed by atoms with van der Waals surface area (Å²) in [5, 5.41) is 0.576. The molecule has 0 atom stereocenters. The van der Waals surface area contributed by atoms with Gasteiger partial charge in [0.05, 0.1) is 5.88 Å². The van der Waals surface area contributed by atoms with Gasteiger partial charge in [0.1, 0.15) is 0 Å². The number of rotatable bonds is 4. The molecule has 3 N–H and O–H groups in total. The van der Waals surface area contributed by atoms with E-state index in [0.717, 1.165) is 11.3 Å². The van der Waals surface area contributed by atoms with Crippen molar-refractivity contribution in [2.75, 3.05) is 11.6 Å². The van der Waals surface area contributed by atoms with Crippen molar-refractivity contribution in [3.05, 3.63) is 51.9 Å². The Morgan fingerprint density at radius 3 is 2.90 bits per heavy atom. The lowest BCUT2D eigenvalue weighted by molar-refractivity contribution is 0.905. The van der Waals surface area contributed by atoms with Crippen LogP contribution in [0.25, 0.3) is 0 Å². The van der Waals surface area contributed by atoms with Gasteiger partial charge in [0, 0.05) is 28.7 Å². The highest BCUT2D eigenvalue weighted by Gasteiger charge is 2.02. The second-order valence-corrected chi connectivity index (χ2v) is 5.23. The van der Waals surface area contributed by atoms with Crippen LogP contribution in [0.15, 0.2) is 45.3 Å². The molecule has 0 fully saturated rings. The standard InChI is InChI=1S/C14H16N4OS/c1-9-7-13(19)18-14(17-9)20-8-16-10(2)11-5-3-4-6-12(11)15/h3-7H,8,15H2,1-2H3,(H,17,18,19). The fourth-order valence-corrected chi connectivity index (χ4v) is 2.48. The van der Waals surface area contributed by atoms with Crippen molar-refractivity contribution in [1.82, 2.24) is 9.97 Å². The first-order valence-corrected chi connectivity index (χ1v) is 7.11. The number of nitrogens with one attached hydrogen (secondary N) is 1. The highest BCUT2D eigenvalue weighted by molar-refractivity contribution is 7.99. The van der Waals surface area contributed by atoms with Crippen LogP contribution < -0.4 is 11.3 Å². The molecule has 2 aromatic rings. The van der Waals surface area contributed by atoms with Gasteiger partial charge in [0.15, 0.2) is 5.16 Å². The minimum Gasteiger partial charge on any atom is -0.398 e. The molecule has 0 aliphatic heterocycles. The number of aromatic amines is 1. The second-order valence-electron chi connectivity index (χ2n) is 4.30. The Kier molecular flexibility index (Phi) is 4.57. The van der Waals surface area contributed by atoms with Gasteiger partial charge in [-0.05, 0) is 19.9 Å². The van der Waals surface area contributed by atoms with E-state index in [1.54, 1.807) is 6.92 Å². The van der Waals surface area contributed by atoms with Gasteiger partial charge in [-0.3, -0.25) is 9.79 Å². The monoisotopic (exact) mass is 288 g/mol. The van der Waals surface area contributed by atoms with Gasteiger partial charge in [0.2, 0.25) is 0 Å². The first-order valence-electron chi connectivity index (χ1n) is 6.13. The number of thioether (sulfide) groups is 1. The van der Waals surface area contributed by atoms with Crippen LogP contribution in [0.5, 0.6) is 0 Å². The normalized spacial score (nSPS) is 11.6. The topological polar surface area (TPSA) is 84.1 Å². The van der Waals surface area contributed by atoms with Crippen LogP contribution >= 0.6 is 11.8 Å². The first-order chi connectivity index (χ1) is 9.56. The number of hydrogen-bond donors (Lipinski definition) is 2. The molecule has 0 radical (unpaired) electrons. The van der Waals surface area contributed by atoms with Gasteiger partial charge in [-0.2, -0.15) is 0 Å². The van der Waals surface area contributed by atoms with Crippen LogP contribution in [-0.4, -0.2) is 21.6 Å². The molecule has 20 heavy (non-hydrogen) atoms. The molecular weight excluding hydrogens is 272 g/mol. The molecule has 0 aliphatic rings. The van der Waals surface area contributed by atoms with Crippen molar-refractivity contribution >= 4 is 23.2 Å². The maximum Gasteiger partial charge on any atom is 0.251 e. The molecule has 2 rings (SSSR count). The molecule has 0 saturated carbocycles. The molecule has 1 aromatic carbocycles. The summed E-state index contributed by atoms with van der Waals surface area (Å²) in [7, 11) is 0. The summed E-state index contributed by atoms with van der Waals surface area (Å²) in [4.78, 5) is 22.7. The van der Waals surface area contributed by atoms with Crippen molar-refractivity contribution in [1.29, 1.82) is 0 Å². The lowest BCUT2D eigenvalue weighted by Crippen LogP contribution is -2.08. The Bertz CT molecular complexity index is 694. The molecular formula is C14H16N4OS. The Labute approximate surface area is 121 Å². The summed E-state index contributed by atoms with van der Waals surface area (Å²) in [5.74, 6) is 0.479. The Morgan fingerprint density at radius 2 is 2.20 bits per heavy atom. The second kappa shape index (κ2) is 6.38. The van der Waals surface area contributed by atoms with E-state index in [4.69, 9.17) is 5.73 Å². The Morgan fingerprint density at radius 1 is 1.45 bits per heavy atom. The summed E-state index contributed by atoms with van der Waals surface area (Å²) in [6.45, 7) is 3.71. The van der Waals surface area contributed by atoms with E-state index in [1.165, 1.54) is 17.8 Å². The van der Waals surface area contributed by atoms with Gasteiger partial charge in [-0.25, -0.2) is 4.98 Å². The van der Waals surface area contributed by atoms with Crippen molar-refractivity contribution in [2.45, 2.75) is 19.0 Å². The quantitative estimate of drug-likeness (QED) is 0.391. The van der Waals surface area contributed by atoms with E-state index in [2.05, 4.69) is 15.0 Å². The molecule has 0 bridgehead atoms. The number of hydrogen-bond acceptors (Lipinski definition) is 5. The fraction of sp³-hybridized carbons (Fsp3) is 0.214. The molecule has 5 nitrogen and oxygen atoms in total. The molecule has 6 heteroatoms. The number of nitrogens with two attached hydrogens (primary N) is 1. The Hall–Kier alpha value is -2.08. The summed E-state index contributed by atoms with van der Waals surface area (Å²) in [5.41, 5.74) is 8.95. The lowest BCUT2D eigenvalue weighted by Gasteiger charge is -2.04. The molecule has 1 heterocycles. The molecule has 1 aromatic heterocycles. The Balaban J connectivity index is 2.06. The third kappa shape index (κ3) is 3.71. The zero-order valence-electron chi connectivity index (χ0n) is 11.4. The summed E-state index contributed by atoms with van der Waals surface area (Å²) < 4.78 is 0. The third-order valence-corrected chi connectivity index (χ3v) is 3.43. The van der Waals surface area contributed by atoms with Crippen molar-refractivity contribution < 1.29 is 0 Å². The predicted octanol–water partition coefficient (Wildman–Crippen LogP) is 2.22. The minimum atomic E-state index is -0.145. The smallest absolute Gasteiger partial charge is 0.251 e. The van der Waals surface area contributed by atoms with E-state index < -0.39 is 0 Å². The summed E-state index contributed by atoms with van der Waals surface area (Å²) in [6.07, 6.45) is 0. The summed E-state index contributed by atoms with van der Waals surface area (Å²) in [6, 6.07) is 9.07. The molecule has 0 spiro atoms. The van der Waals surface area contributed by atoms with Crippen LogP contribution in [0, 0.1) is 6.92 Å². The van der Waals surface area contributed by atoms with E-state index >= 15 is 0 Å². The molecule has 0 unspecified atom stereocenters. The predicted molar refractivity (Wildman–Crippen MR) is 83.4 cm³/mol. The van der Waals surface area contributed by atoms with Gasteiger partial charge >= 0.3 is 0 Å². The maximum atomic E-state index is 11.3. The summed E-state index contributed by atoms with van der Waals surface area (Å²) >= 11 is 1.38. The first kappa shape index (κ1) is 14.3. The fourth-order valence-electron chi connectivity index (χ4n) is 1.72. The zero-order chi connectivity index (χ0) is 14.5. The van der Waals surface area contributed by atoms with E-state index in [1.807, 2.05) is 31.2 Å². The largest absolute Gasteiger partial charge is 0.398 e. The molecule has 0 amide bonds. The minimum absolute atomic E-state index is 0.145. The molecule has 0 saturated heterocycles. The third-order valence-electron chi connectivity index (χ3n) is 2.70. The average Bonchev–Trinajstić information content (AvgIpc) is 2.38. The number of aromatic nitrogens is 2. The van der Waals surface area contributed by atoms with Gasteiger partial charge in [-0.1, -0.05) is 30.0 Å². The van der Waals surface area contributed by atoms with Crippen LogP contribution in [-0.2, 0) is 0 Å². The number of H-pyrrole nitrogens is 1. The average molecular weight is 288 g/mol. The van der Waals surface area contributed by atoms with E-state index in [-0.39, 0.29) is 5.56 Å². The number of anilines is 1. The van der Waals surface area contributed by atoms with Crippen LogP contribution in [0.3, 0.4) is 0 Å². The molecule has 104 valence electrons. The number of benzene rings is 1.